The summed E-state index contributed by atoms with van der Waals surface area (Å²) in [5.41, 5.74) is 1.23. The average molecular weight is 455 g/mol. The lowest BCUT2D eigenvalue weighted by atomic mass is 9.63. The summed E-state index contributed by atoms with van der Waals surface area (Å²) in [6.07, 6.45) is 17.7. The van der Waals surface area contributed by atoms with Gasteiger partial charge in [-0.1, -0.05) is 82.7 Å². The van der Waals surface area contributed by atoms with Gasteiger partial charge in [-0.2, -0.15) is 0 Å². The van der Waals surface area contributed by atoms with Gasteiger partial charge in [0.1, 0.15) is 6.61 Å². The summed E-state index contributed by atoms with van der Waals surface area (Å²) in [4.78, 5) is 0. The first-order valence-corrected chi connectivity index (χ1v) is 13.3. The number of fused-ring (bicyclic) bond motifs is 2. The van der Waals surface area contributed by atoms with E-state index in [-0.39, 0.29) is 12.4 Å². The van der Waals surface area contributed by atoms with Crippen molar-refractivity contribution in [3.05, 3.63) is 54.1 Å². The third-order valence-electron chi connectivity index (χ3n) is 8.27. The predicted molar refractivity (Wildman–Crippen MR) is 134 cm³/mol. The molecule has 0 aliphatic heterocycles. The van der Waals surface area contributed by atoms with E-state index in [1.807, 2.05) is 18.2 Å². The zero-order chi connectivity index (χ0) is 23.2. The van der Waals surface area contributed by atoms with E-state index in [1.165, 1.54) is 94.8 Å². The Bertz CT molecular complexity index is 937. The van der Waals surface area contributed by atoms with E-state index >= 15 is 0 Å². The van der Waals surface area contributed by atoms with Crippen molar-refractivity contribution < 1.29 is 13.5 Å². The molecule has 33 heavy (non-hydrogen) atoms. The smallest absolute Gasteiger partial charge is 0.191 e. The Hall–Kier alpha value is -1.90. The third kappa shape index (κ3) is 5.78. The van der Waals surface area contributed by atoms with Gasteiger partial charge < -0.3 is 4.74 Å². The SMILES string of the molecule is C=CCOc1c(F)cc2cc([C@@H]3CC[C@@H]4CC(CCCCCCC)CCC4C3)ccc2c1F. The van der Waals surface area contributed by atoms with Gasteiger partial charge >= 0.3 is 0 Å². The molecule has 2 fully saturated rings. The molecule has 0 radical (unpaired) electrons. The topological polar surface area (TPSA) is 9.23 Å². The fraction of sp³-hybridized carbons (Fsp3) is 0.600. The second kappa shape index (κ2) is 11.5. The van der Waals surface area contributed by atoms with Crippen LogP contribution in [0.4, 0.5) is 8.78 Å². The zero-order valence-corrected chi connectivity index (χ0v) is 20.3. The minimum absolute atomic E-state index is 0.0851. The second-order valence-electron chi connectivity index (χ2n) is 10.5. The number of rotatable bonds is 10. The molecular formula is C30H40F2O. The van der Waals surface area contributed by atoms with Crippen LogP contribution in [0, 0.1) is 29.4 Å². The van der Waals surface area contributed by atoms with E-state index in [2.05, 4.69) is 13.5 Å². The summed E-state index contributed by atoms with van der Waals surface area (Å²) in [5.74, 6) is 1.58. The summed E-state index contributed by atoms with van der Waals surface area (Å²) < 4.78 is 34.5. The molecule has 2 aromatic rings. The fourth-order valence-electron chi connectivity index (χ4n) is 6.45. The number of benzene rings is 2. The van der Waals surface area contributed by atoms with Crippen LogP contribution in [-0.4, -0.2) is 6.61 Å². The highest BCUT2D eigenvalue weighted by Gasteiger charge is 2.35. The van der Waals surface area contributed by atoms with E-state index in [4.69, 9.17) is 4.74 Å². The Morgan fingerprint density at radius 2 is 1.76 bits per heavy atom. The van der Waals surface area contributed by atoms with Gasteiger partial charge in [0.05, 0.1) is 0 Å². The highest BCUT2D eigenvalue weighted by molar-refractivity contribution is 5.85. The highest BCUT2D eigenvalue weighted by Crippen LogP contribution is 2.48. The molecule has 4 rings (SSSR count). The first kappa shape index (κ1) is 24.2. The van der Waals surface area contributed by atoms with Crippen molar-refractivity contribution in [1.82, 2.24) is 0 Å². The van der Waals surface area contributed by atoms with Gasteiger partial charge in [-0.05, 0) is 72.8 Å². The van der Waals surface area contributed by atoms with Crippen LogP contribution >= 0.6 is 0 Å². The molecular weight excluding hydrogens is 414 g/mol. The van der Waals surface area contributed by atoms with Gasteiger partial charge in [-0.25, -0.2) is 8.78 Å². The zero-order valence-electron chi connectivity index (χ0n) is 20.3. The van der Waals surface area contributed by atoms with Crippen molar-refractivity contribution in [2.24, 2.45) is 17.8 Å². The number of unbranched alkanes of at least 4 members (excludes halogenated alkanes) is 4. The largest absolute Gasteiger partial charge is 0.483 e. The van der Waals surface area contributed by atoms with E-state index in [0.29, 0.717) is 16.7 Å². The molecule has 3 heteroatoms. The predicted octanol–water partition coefficient (Wildman–Crippen LogP) is 9.34. The molecule has 0 aromatic heterocycles. The number of ether oxygens (including phenoxy) is 1. The fourth-order valence-corrected chi connectivity index (χ4v) is 6.45. The van der Waals surface area contributed by atoms with Gasteiger partial charge in [0.2, 0.25) is 0 Å². The van der Waals surface area contributed by atoms with Crippen molar-refractivity contribution in [2.75, 3.05) is 6.61 Å². The Labute approximate surface area is 198 Å². The Morgan fingerprint density at radius 3 is 2.58 bits per heavy atom. The molecule has 0 heterocycles. The number of halogens is 2. The van der Waals surface area contributed by atoms with Crippen molar-refractivity contribution >= 4 is 10.8 Å². The lowest BCUT2D eigenvalue weighted by Crippen LogP contribution is -2.30. The Kier molecular flexibility index (Phi) is 8.44. The summed E-state index contributed by atoms with van der Waals surface area (Å²) in [5, 5.41) is 1.05. The maximum Gasteiger partial charge on any atom is 0.191 e. The van der Waals surface area contributed by atoms with Crippen LogP contribution in [0.1, 0.15) is 95.5 Å². The molecule has 0 saturated heterocycles. The minimum atomic E-state index is -0.643. The molecule has 2 saturated carbocycles. The molecule has 2 aromatic carbocycles. The van der Waals surface area contributed by atoms with Crippen LogP contribution < -0.4 is 4.74 Å². The molecule has 2 aliphatic rings. The number of hydrogen-bond donors (Lipinski definition) is 0. The molecule has 180 valence electrons. The molecule has 1 nitrogen and oxygen atoms in total. The van der Waals surface area contributed by atoms with Crippen molar-refractivity contribution in [2.45, 2.75) is 89.9 Å². The number of hydrogen-bond acceptors (Lipinski definition) is 1. The first-order valence-electron chi connectivity index (χ1n) is 13.3. The molecule has 0 bridgehead atoms. The summed E-state index contributed by atoms with van der Waals surface area (Å²) >= 11 is 0. The van der Waals surface area contributed by atoms with E-state index in [0.717, 1.165) is 17.8 Å². The molecule has 4 atom stereocenters. The van der Waals surface area contributed by atoms with Crippen LogP contribution in [0.2, 0.25) is 0 Å². The van der Waals surface area contributed by atoms with Crippen molar-refractivity contribution in [1.29, 1.82) is 0 Å². The van der Waals surface area contributed by atoms with Crippen LogP contribution in [-0.2, 0) is 0 Å². The molecule has 2 aliphatic carbocycles. The van der Waals surface area contributed by atoms with Gasteiger partial charge in [0, 0.05) is 5.39 Å². The maximum absolute atomic E-state index is 14.8. The van der Waals surface area contributed by atoms with E-state index in [1.54, 1.807) is 0 Å². The normalized spacial score (nSPS) is 25.1. The quantitative estimate of drug-likeness (QED) is 0.257. The maximum atomic E-state index is 14.8. The van der Waals surface area contributed by atoms with Gasteiger partial charge in [0.15, 0.2) is 17.4 Å². The lowest BCUT2D eigenvalue weighted by molar-refractivity contribution is 0.113. The average Bonchev–Trinajstić information content (AvgIpc) is 2.83. The van der Waals surface area contributed by atoms with Crippen molar-refractivity contribution in [3.8, 4) is 5.75 Å². The van der Waals surface area contributed by atoms with Crippen LogP contribution in [0.15, 0.2) is 36.9 Å². The summed E-state index contributed by atoms with van der Waals surface area (Å²) in [6.45, 7) is 5.91. The standard InChI is InChI=1S/C30H40F2O/c1-3-5-6-7-8-9-21-10-11-23-18-24(13-12-22(23)17-21)25-14-15-27-26(19-25)20-28(31)30(29(27)32)33-16-4-2/h4,14-15,19-24H,2-3,5-13,16-18H2,1H3/t21?,22-,23?,24-/m1/s1. The molecule has 0 N–H and O–H groups in total. The highest BCUT2D eigenvalue weighted by atomic mass is 19.1. The summed E-state index contributed by atoms with van der Waals surface area (Å²) in [7, 11) is 0. The van der Waals surface area contributed by atoms with E-state index in [9.17, 15) is 8.78 Å². The monoisotopic (exact) mass is 454 g/mol. The molecule has 0 spiro atoms. The Balaban J connectivity index is 1.37. The van der Waals surface area contributed by atoms with Gasteiger partial charge in [-0.3, -0.25) is 0 Å². The van der Waals surface area contributed by atoms with Gasteiger partial charge in [-0.15, -0.1) is 0 Å². The molecule has 0 amide bonds. The van der Waals surface area contributed by atoms with E-state index < -0.39 is 11.6 Å². The lowest BCUT2D eigenvalue weighted by Gasteiger charge is -2.42. The summed E-state index contributed by atoms with van der Waals surface area (Å²) in [6, 6.07) is 7.28. The minimum Gasteiger partial charge on any atom is -0.483 e. The van der Waals surface area contributed by atoms with Crippen LogP contribution in [0.5, 0.6) is 5.75 Å². The van der Waals surface area contributed by atoms with Crippen LogP contribution in [0.25, 0.3) is 10.8 Å². The Morgan fingerprint density at radius 1 is 0.970 bits per heavy atom. The third-order valence-corrected chi connectivity index (χ3v) is 8.27. The first-order chi connectivity index (χ1) is 16.1. The van der Waals surface area contributed by atoms with Crippen LogP contribution in [0.3, 0.4) is 0 Å². The van der Waals surface area contributed by atoms with Crippen molar-refractivity contribution in [3.63, 3.8) is 0 Å². The van der Waals surface area contributed by atoms with Gasteiger partial charge in [0.25, 0.3) is 0 Å². The molecule has 2 unspecified atom stereocenters. The second-order valence-corrected chi connectivity index (χ2v) is 10.5.